The van der Waals surface area contributed by atoms with Crippen molar-refractivity contribution < 1.29 is 8.78 Å². The van der Waals surface area contributed by atoms with Crippen molar-refractivity contribution >= 4 is 40.5 Å². The van der Waals surface area contributed by atoms with Gasteiger partial charge in [-0.05, 0) is 30.3 Å². The van der Waals surface area contributed by atoms with Gasteiger partial charge in [0.1, 0.15) is 11.6 Å². The van der Waals surface area contributed by atoms with Crippen molar-refractivity contribution in [2.45, 2.75) is 6.54 Å². The van der Waals surface area contributed by atoms with E-state index in [0.29, 0.717) is 20.8 Å². The van der Waals surface area contributed by atoms with Crippen molar-refractivity contribution in [1.29, 1.82) is 0 Å². The van der Waals surface area contributed by atoms with Crippen LogP contribution in [0.3, 0.4) is 0 Å². The SMILES string of the molecule is Fc1ccc(F)c(CNc2cc(Cl)c(Cl)cc2Cl)c1. The van der Waals surface area contributed by atoms with Crippen LogP contribution in [0.5, 0.6) is 0 Å². The molecule has 0 aliphatic carbocycles. The highest BCUT2D eigenvalue weighted by molar-refractivity contribution is 6.44. The van der Waals surface area contributed by atoms with Gasteiger partial charge in [-0.25, -0.2) is 8.78 Å². The molecule has 0 unspecified atom stereocenters. The van der Waals surface area contributed by atoms with Gasteiger partial charge in [0, 0.05) is 12.1 Å². The Morgan fingerprint density at radius 1 is 0.895 bits per heavy atom. The number of hydrogen-bond donors (Lipinski definition) is 1. The second-order valence-corrected chi connectivity index (χ2v) is 5.06. The van der Waals surface area contributed by atoms with Gasteiger partial charge in [0.25, 0.3) is 0 Å². The first kappa shape index (κ1) is 14.4. The number of rotatable bonds is 3. The fraction of sp³-hybridized carbons (Fsp3) is 0.0769. The third kappa shape index (κ3) is 3.50. The zero-order valence-electron chi connectivity index (χ0n) is 9.48. The average molecular weight is 323 g/mol. The minimum absolute atomic E-state index is 0.0846. The van der Waals surface area contributed by atoms with E-state index in [-0.39, 0.29) is 12.1 Å². The van der Waals surface area contributed by atoms with E-state index in [1.807, 2.05) is 0 Å². The minimum Gasteiger partial charge on any atom is -0.380 e. The highest BCUT2D eigenvalue weighted by atomic mass is 35.5. The molecular weight excluding hydrogens is 315 g/mol. The van der Waals surface area contributed by atoms with Gasteiger partial charge in [-0.3, -0.25) is 0 Å². The molecule has 6 heteroatoms. The Hall–Kier alpha value is -1.03. The molecule has 1 nitrogen and oxygen atoms in total. The van der Waals surface area contributed by atoms with Gasteiger partial charge < -0.3 is 5.32 Å². The Bertz CT molecular complexity index is 617. The topological polar surface area (TPSA) is 12.0 Å². The van der Waals surface area contributed by atoms with Crippen LogP contribution in [-0.2, 0) is 6.54 Å². The molecule has 0 aliphatic rings. The maximum absolute atomic E-state index is 13.4. The molecule has 0 atom stereocenters. The smallest absolute Gasteiger partial charge is 0.128 e. The lowest BCUT2D eigenvalue weighted by molar-refractivity contribution is 0.587. The van der Waals surface area contributed by atoms with E-state index in [9.17, 15) is 8.78 Å². The Morgan fingerprint density at radius 2 is 1.58 bits per heavy atom. The quantitative estimate of drug-likeness (QED) is 0.732. The summed E-state index contributed by atoms with van der Waals surface area (Å²) in [5.41, 5.74) is 0.696. The summed E-state index contributed by atoms with van der Waals surface area (Å²) < 4.78 is 26.4. The molecule has 0 heterocycles. The van der Waals surface area contributed by atoms with Crippen LogP contribution < -0.4 is 5.32 Å². The molecule has 2 aromatic rings. The van der Waals surface area contributed by atoms with Crippen LogP contribution in [-0.4, -0.2) is 0 Å². The normalized spacial score (nSPS) is 10.6. The minimum atomic E-state index is -0.501. The van der Waals surface area contributed by atoms with Crippen molar-refractivity contribution in [3.8, 4) is 0 Å². The van der Waals surface area contributed by atoms with Gasteiger partial charge >= 0.3 is 0 Å². The third-order valence-electron chi connectivity index (χ3n) is 2.49. The predicted octanol–water partition coefficient (Wildman–Crippen LogP) is 5.54. The van der Waals surface area contributed by atoms with Crippen LogP contribution in [0.25, 0.3) is 0 Å². The first-order valence-corrected chi connectivity index (χ1v) is 6.43. The van der Waals surface area contributed by atoms with Crippen LogP contribution in [0.1, 0.15) is 5.56 Å². The molecule has 2 rings (SSSR count). The lowest BCUT2D eigenvalue weighted by Gasteiger charge is -2.10. The van der Waals surface area contributed by atoms with Gasteiger partial charge in [0.05, 0.1) is 20.8 Å². The van der Waals surface area contributed by atoms with Crippen molar-refractivity contribution in [1.82, 2.24) is 0 Å². The van der Waals surface area contributed by atoms with Crippen LogP contribution >= 0.6 is 34.8 Å². The number of benzene rings is 2. The molecule has 0 amide bonds. The maximum Gasteiger partial charge on any atom is 0.128 e. The van der Waals surface area contributed by atoms with E-state index in [1.165, 1.54) is 12.1 Å². The number of hydrogen-bond acceptors (Lipinski definition) is 1. The lowest BCUT2D eigenvalue weighted by Crippen LogP contribution is -2.03. The molecule has 2 aromatic carbocycles. The van der Waals surface area contributed by atoms with Crippen LogP contribution in [0, 0.1) is 11.6 Å². The molecule has 0 saturated heterocycles. The number of nitrogens with one attached hydrogen (secondary N) is 1. The maximum atomic E-state index is 13.4. The van der Waals surface area contributed by atoms with Gasteiger partial charge in [-0.1, -0.05) is 34.8 Å². The Labute approximate surface area is 124 Å². The van der Waals surface area contributed by atoms with E-state index in [4.69, 9.17) is 34.8 Å². The Kier molecular flexibility index (Phi) is 4.50. The van der Waals surface area contributed by atoms with Crippen LogP contribution in [0.4, 0.5) is 14.5 Å². The molecule has 0 saturated carbocycles. The summed E-state index contributed by atoms with van der Waals surface area (Å²) >= 11 is 17.6. The van der Waals surface area contributed by atoms with Crippen LogP contribution in [0.15, 0.2) is 30.3 Å². The summed E-state index contributed by atoms with van der Waals surface area (Å²) in [7, 11) is 0. The summed E-state index contributed by atoms with van der Waals surface area (Å²) in [6.45, 7) is 0.0846. The van der Waals surface area contributed by atoms with Crippen molar-refractivity contribution in [3.63, 3.8) is 0 Å². The van der Waals surface area contributed by atoms with Crippen molar-refractivity contribution in [2.24, 2.45) is 0 Å². The summed E-state index contributed by atoms with van der Waals surface area (Å²) in [5, 5.41) is 3.89. The molecule has 0 aromatic heterocycles. The Balaban J connectivity index is 2.19. The second-order valence-electron chi connectivity index (χ2n) is 3.84. The monoisotopic (exact) mass is 321 g/mol. The Morgan fingerprint density at radius 3 is 2.32 bits per heavy atom. The van der Waals surface area contributed by atoms with Gasteiger partial charge in [-0.2, -0.15) is 0 Å². The van der Waals surface area contributed by atoms with Gasteiger partial charge in [-0.15, -0.1) is 0 Å². The molecule has 19 heavy (non-hydrogen) atoms. The highest BCUT2D eigenvalue weighted by Gasteiger charge is 2.08. The molecule has 0 fully saturated rings. The fourth-order valence-electron chi connectivity index (χ4n) is 1.53. The van der Waals surface area contributed by atoms with E-state index in [1.54, 1.807) is 0 Å². The molecule has 0 radical (unpaired) electrons. The van der Waals surface area contributed by atoms with Gasteiger partial charge in [0.2, 0.25) is 0 Å². The molecule has 0 bridgehead atoms. The van der Waals surface area contributed by atoms with E-state index in [2.05, 4.69) is 5.32 Å². The summed E-state index contributed by atoms with van der Waals surface area (Å²) in [5.74, 6) is -0.997. The van der Waals surface area contributed by atoms with E-state index >= 15 is 0 Å². The van der Waals surface area contributed by atoms with Crippen molar-refractivity contribution in [3.05, 3.63) is 62.6 Å². The largest absolute Gasteiger partial charge is 0.380 e. The first-order valence-electron chi connectivity index (χ1n) is 5.29. The average Bonchev–Trinajstić information content (AvgIpc) is 2.36. The van der Waals surface area contributed by atoms with Crippen molar-refractivity contribution in [2.75, 3.05) is 5.32 Å². The highest BCUT2D eigenvalue weighted by Crippen LogP contribution is 2.32. The predicted molar refractivity (Wildman–Crippen MR) is 75.2 cm³/mol. The molecule has 0 spiro atoms. The zero-order valence-corrected chi connectivity index (χ0v) is 11.8. The van der Waals surface area contributed by atoms with E-state index in [0.717, 1.165) is 18.2 Å². The van der Waals surface area contributed by atoms with Gasteiger partial charge in [0.15, 0.2) is 0 Å². The molecule has 1 N–H and O–H groups in total. The molecule has 0 aliphatic heterocycles. The summed E-state index contributed by atoms with van der Waals surface area (Å²) in [6.07, 6.45) is 0. The number of halogens is 5. The molecule has 100 valence electrons. The lowest BCUT2D eigenvalue weighted by atomic mass is 10.2. The zero-order chi connectivity index (χ0) is 14.0. The second kappa shape index (κ2) is 5.95. The standard InChI is InChI=1S/C13H8Cl3F2N/c14-9-4-11(16)13(5-10(9)15)19-6-7-3-8(17)1-2-12(7)18/h1-5,19H,6H2. The fourth-order valence-corrected chi connectivity index (χ4v) is 2.14. The number of anilines is 1. The van der Waals surface area contributed by atoms with Crippen LogP contribution in [0.2, 0.25) is 15.1 Å². The third-order valence-corrected chi connectivity index (χ3v) is 3.52. The molecular formula is C13H8Cl3F2N. The summed E-state index contributed by atoms with van der Waals surface area (Å²) in [6, 6.07) is 6.26. The van der Waals surface area contributed by atoms with E-state index < -0.39 is 11.6 Å². The first-order chi connectivity index (χ1) is 8.97. The summed E-state index contributed by atoms with van der Waals surface area (Å²) in [4.78, 5) is 0.